The molecule has 0 unspecified atom stereocenters. The number of rotatable bonds is 7. The fourth-order valence-corrected chi connectivity index (χ4v) is 4.46. The minimum absolute atomic E-state index is 0.124. The average molecular weight is 481 g/mol. The Labute approximate surface area is 197 Å². The van der Waals surface area contributed by atoms with E-state index in [1.807, 2.05) is 24.0 Å². The molecular formula is C22H19N5O6S. The Bertz CT molecular complexity index is 1280. The molecule has 12 heteroatoms. The minimum Gasteiger partial charge on any atom is -0.378 e. The molecule has 0 amide bonds. The number of non-ortho nitro benzene ring substituents is 1. The number of ketones is 1. The fourth-order valence-electron chi connectivity index (χ4n) is 3.36. The zero-order chi connectivity index (χ0) is 24.2. The number of carbonyl (C=O) groups is 1. The van der Waals surface area contributed by atoms with Gasteiger partial charge in [0, 0.05) is 24.7 Å². The second kappa shape index (κ2) is 9.85. The van der Waals surface area contributed by atoms with Gasteiger partial charge in [-0.05, 0) is 19.1 Å². The number of azo groups is 1. The number of nitrogens with zero attached hydrogens (tertiary/aromatic N) is 5. The van der Waals surface area contributed by atoms with Crippen LogP contribution < -0.4 is 4.90 Å². The van der Waals surface area contributed by atoms with Crippen LogP contribution in [0.15, 0.2) is 58.8 Å². The topological polar surface area (TPSA) is 141 Å². The van der Waals surface area contributed by atoms with E-state index < -0.39 is 21.2 Å². The number of morpholine rings is 1. The van der Waals surface area contributed by atoms with Crippen LogP contribution in [0.5, 0.6) is 0 Å². The van der Waals surface area contributed by atoms with Gasteiger partial charge in [-0.3, -0.25) is 25.0 Å². The molecule has 11 nitrogen and oxygen atoms in total. The van der Waals surface area contributed by atoms with Gasteiger partial charge in [0.15, 0.2) is 5.69 Å². The normalized spacial score (nSPS) is 13.9. The second-order valence-corrected chi connectivity index (χ2v) is 8.51. The van der Waals surface area contributed by atoms with Gasteiger partial charge in [0.2, 0.25) is 5.78 Å². The van der Waals surface area contributed by atoms with Gasteiger partial charge in [-0.15, -0.1) is 21.6 Å². The van der Waals surface area contributed by atoms with Crippen LogP contribution in [0.4, 0.5) is 27.8 Å². The highest BCUT2D eigenvalue weighted by molar-refractivity contribution is 7.18. The lowest BCUT2D eigenvalue weighted by atomic mass is 10.1. The lowest BCUT2D eigenvalue weighted by Gasteiger charge is -2.27. The van der Waals surface area contributed by atoms with Crippen molar-refractivity contribution in [3.8, 4) is 0 Å². The predicted octanol–water partition coefficient (Wildman–Crippen LogP) is 5.36. The summed E-state index contributed by atoms with van der Waals surface area (Å²) in [7, 11) is 0. The first-order valence-electron chi connectivity index (χ1n) is 10.3. The monoisotopic (exact) mass is 481 g/mol. The summed E-state index contributed by atoms with van der Waals surface area (Å²) in [4.78, 5) is 36.5. The van der Waals surface area contributed by atoms with Crippen molar-refractivity contribution in [2.24, 2.45) is 10.2 Å². The fraction of sp³-hybridized carbons (Fsp3) is 0.227. The lowest BCUT2D eigenvalue weighted by molar-refractivity contribution is -0.393. The molecule has 1 aliphatic rings. The summed E-state index contributed by atoms with van der Waals surface area (Å²) in [6.07, 6.45) is 0. The summed E-state index contributed by atoms with van der Waals surface area (Å²) < 4.78 is 5.41. The molecule has 0 atom stereocenters. The third-order valence-electron chi connectivity index (χ3n) is 5.16. The number of benzene rings is 2. The molecule has 0 bridgehead atoms. The summed E-state index contributed by atoms with van der Waals surface area (Å²) >= 11 is 1.27. The van der Waals surface area contributed by atoms with Crippen LogP contribution in [0.3, 0.4) is 0 Å². The van der Waals surface area contributed by atoms with Crippen LogP contribution in [0.1, 0.15) is 20.8 Å². The maximum absolute atomic E-state index is 13.1. The van der Waals surface area contributed by atoms with Crippen LogP contribution in [0, 0.1) is 27.2 Å². The Hall–Kier alpha value is -4.03. The first-order chi connectivity index (χ1) is 16.3. The van der Waals surface area contributed by atoms with Gasteiger partial charge < -0.3 is 9.64 Å². The van der Waals surface area contributed by atoms with Crippen LogP contribution >= 0.6 is 11.3 Å². The smallest absolute Gasteiger partial charge is 0.303 e. The number of hydrogen-bond acceptors (Lipinski definition) is 10. The molecule has 3 aromatic rings. The van der Waals surface area contributed by atoms with Crippen molar-refractivity contribution in [1.29, 1.82) is 0 Å². The van der Waals surface area contributed by atoms with Crippen molar-refractivity contribution in [2.45, 2.75) is 6.92 Å². The largest absolute Gasteiger partial charge is 0.378 e. The zero-order valence-corrected chi connectivity index (χ0v) is 18.9. The molecule has 1 fully saturated rings. The van der Waals surface area contributed by atoms with Crippen LogP contribution in [-0.4, -0.2) is 41.9 Å². The molecule has 174 valence electrons. The summed E-state index contributed by atoms with van der Waals surface area (Å²) in [5.41, 5.74) is 0.889. The second-order valence-electron chi connectivity index (χ2n) is 7.48. The quantitative estimate of drug-likeness (QED) is 0.191. The third-order valence-corrected chi connectivity index (χ3v) is 6.35. The lowest BCUT2D eigenvalue weighted by Crippen LogP contribution is -2.35. The minimum atomic E-state index is -0.746. The Morgan fingerprint density at radius 1 is 0.971 bits per heavy atom. The van der Waals surface area contributed by atoms with Gasteiger partial charge in [-0.1, -0.05) is 29.8 Å². The Morgan fingerprint density at radius 3 is 2.29 bits per heavy atom. The number of aryl methyl sites for hydroxylation is 1. The third kappa shape index (κ3) is 4.97. The van der Waals surface area contributed by atoms with E-state index in [1.54, 1.807) is 18.2 Å². The molecule has 0 N–H and O–H groups in total. The van der Waals surface area contributed by atoms with Gasteiger partial charge >= 0.3 is 5.69 Å². The van der Waals surface area contributed by atoms with E-state index in [4.69, 9.17) is 4.74 Å². The van der Waals surface area contributed by atoms with E-state index >= 15 is 0 Å². The SMILES string of the molecule is Cc1ccc(C(=O)c2cc(N=Nc3ccc([N+](=O)[O-])cc3[N+](=O)[O-])c(N3CCOCC3)s2)cc1. The zero-order valence-electron chi connectivity index (χ0n) is 18.0. The summed E-state index contributed by atoms with van der Waals surface area (Å²) in [6.45, 7) is 4.16. The molecule has 4 rings (SSSR count). The standard InChI is InChI=1S/C22H19N5O6S/c1-14-2-4-15(5-3-14)21(28)20-13-18(22(34-20)25-8-10-33-11-9-25)24-23-17-7-6-16(26(29)30)12-19(17)27(31)32/h2-7,12-13H,8-11H2,1H3. The van der Waals surface area contributed by atoms with E-state index in [0.717, 1.165) is 17.7 Å². The van der Waals surface area contributed by atoms with Crippen molar-refractivity contribution >= 4 is 44.9 Å². The highest BCUT2D eigenvalue weighted by Crippen LogP contribution is 2.41. The van der Waals surface area contributed by atoms with Gasteiger partial charge in [0.1, 0.15) is 10.7 Å². The number of hydrogen-bond donors (Lipinski definition) is 0. The van der Waals surface area contributed by atoms with Crippen molar-refractivity contribution in [2.75, 3.05) is 31.2 Å². The number of thiophene rings is 1. The average Bonchev–Trinajstić information content (AvgIpc) is 3.27. The van der Waals surface area contributed by atoms with Gasteiger partial charge in [-0.25, -0.2) is 0 Å². The van der Waals surface area contributed by atoms with E-state index in [1.165, 1.54) is 17.4 Å². The Morgan fingerprint density at radius 2 is 1.65 bits per heavy atom. The molecule has 1 saturated heterocycles. The first-order valence-corrected chi connectivity index (χ1v) is 11.1. The molecule has 34 heavy (non-hydrogen) atoms. The molecule has 0 aliphatic carbocycles. The number of anilines is 1. The van der Waals surface area contributed by atoms with E-state index in [9.17, 15) is 25.0 Å². The van der Waals surface area contributed by atoms with Crippen LogP contribution in [0.2, 0.25) is 0 Å². The highest BCUT2D eigenvalue weighted by Gasteiger charge is 2.23. The van der Waals surface area contributed by atoms with Crippen molar-refractivity contribution in [3.05, 3.63) is 84.8 Å². The molecule has 0 saturated carbocycles. The Balaban J connectivity index is 1.72. The molecule has 1 aromatic heterocycles. The maximum Gasteiger partial charge on any atom is 0.303 e. The molecule has 1 aliphatic heterocycles. The molecule has 0 spiro atoms. The van der Waals surface area contributed by atoms with Crippen LogP contribution in [0.25, 0.3) is 0 Å². The summed E-state index contributed by atoms with van der Waals surface area (Å²) in [6, 6.07) is 12.0. The molecule has 2 heterocycles. The van der Waals surface area contributed by atoms with Crippen molar-refractivity contribution in [3.63, 3.8) is 0 Å². The number of ether oxygens (including phenoxy) is 1. The van der Waals surface area contributed by atoms with Gasteiger partial charge in [-0.2, -0.15) is 0 Å². The predicted molar refractivity (Wildman–Crippen MR) is 126 cm³/mol. The Kier molecular flexibility index (Phi) is 6.70. The van der Waals surface area contributed by atoms with Gasteiger partial charge in [0.05, 0.1) is 34.0 Å². The number of nitro benzene ring substituents is 2. The van der Waals surface area contributed by atoms with E-state index in [-0.39, 0.29) is 11.5 Å². The van der Waals surface area contributed by atoms with Crippen molar-refractivity contribution < 1.29 is 19.4 Å². The van der Waals surface area contributed by atoms with Gasteiger partial charge in [0.25, 0.3) is 5.69 Å². The maximum atomic E-state index is 13.1. The molecule has 0 radical (unpaired) electrons. The van der Waals surface area contributed by atoms with Crippen LogP contribution in [-0.2, 0) is 4.74 Å². The van der Waals surface area contributed by atoms with E-state index in [0.29, 0.717) is 47.4 Å². The summed E-state index contributed by atoms with van der Waals surface area (Å²) in [5, 5.41) is 31.3. The highest BCUT2D eigenvalue weighted by atomic mass is 32.1. The summed E-state index contributed by atoms with van der Waals surface area (Å²) in [5.74, 6) is -0.165. The first kappa shape index (κ1) is 23.1. The molecular weight excluding hydrogens is 462 g/mol. The molecule has 2 aromatic carbocycles. The van der Waals surface area contributed by atoms with Crippen molar-refractivity contribution in [1.82, 2.24) is 0 Å². The van der Waals surface area contributed by atoms with E-state index in [2.05, 4.69) is 10.2 Å². The number of carbonyl (C=O) groups excluding carboxylic acids is 1. The number of nitro groups is 2.